The van der Waals surface area contributed by atoms with Gasteiger partial charge in [-0.25, -0.2) is 0 Å². The molecule has 4 heteroatoms. The summed E-state index contributed by atoms with van der Waals surface area (Å²) in [7, 11) is 3.35. The Morgan fingerprint density at radius 2 is 2.06 bits per heavy atom. The van der Waals surface area contributed by atoms with Crippen molar-refractivity contribution in [1.29, 1.82) is 0 Å². The van der Waals surface area contributed by atoms with Crippen LogP contribution in [0.1, 0.15) is 0 Å². The fourth-order valence-electron chi connectivity index (χ4n) is 0.622. The van der Waals surface area contributed by atoms with Crippen molar-refractivity contribution >= 4 is 28.1 Å². The first kappa shape index (κ1) is 14.6. The SMILES string of the molecule is C=C/C=C/C(Br)=C\C=C\N=CC(=O)N(C)C. The van der Waals surface area contributed by atoms with Gasteiger partial charge >= 0.3 is 0 Å². The zero-order chi connectivity index (χ0) is 12.4. The number of carbonyl (C=O) groups is 1. The summed E-state index contributed by atoms with van der Waals surface area (Å²) in [6.45, 7) is 3.56. The van der Waals surface area contributed by atoms with Crippen LogP contribution in [0.3, 0.4) is 0 Å². The number of hydrogen-bond acceptors (Lipinski definition) is 2. The highest BCUT2D eigenvalue weighted by molar-refractivity contribution is 9.11. The zero-order valence-electron chi connectivity index (χ0n) is 9.43. The van der Waals surface area contributed by atoms with Crippen LogP contribution < -0.4 is 0 Å². The van der Waals surface area contributed by atoms with Crippen molar-refractivity contribution in [2.24, 2.45) is 4.99 Å². The summed E-state index contributed by atoms with van der Waals surface area (Å²) in [5.41, 5.74) is 0. The molecule has 0 aliphatic carbocycles. The number of allylic oxidation sites excluding steroid dienone is 6. The molecule has 0 aromatic carbocycles. The Morgan fingerprint density at radius 1 is 1.38 bits per heavy atom. The summed E-state index contributed by atoms with van der Waals surface area (Å²) in [5.74, 6) is -0.140. The van der Waals surface area contributed by atoms with E-state index in [1.54, 1.807) is 32.4 Å². The third kappa shape index (κ3) is 7.94. The molecule has 1 amide bonds. The second-order valence-electron chi connectivity index (χ2n) is 3.00. The lowest BCUT2D eigenvalue weighted by atomic mass is 10.4. The van der Waals surface area contributed by atoms with Gasteiger partial charge in [0.1, 0.15) is 0 Å². The second kappa shape index (κ2) is 8.85. The van der Waals surface area contributed by atoms with Crippen molar-refractivity contribution in [1.82, 2.24) is 4.90 Å². The molecule has 0 unspecified atom stereocenters. The van der Waals surface area contributed by atoms with Gasteiger partial charge in [-0.15, -0.1) is 0 Å². The number of amides is 1. The molecule has 0 radical (unpaired) electrons. The van der Waals surface area contributed by atoms with Gasteiger partial charge in [-0.05, 0) is 18.2 Å². The molecule has 0 rings (SSSR count). The number of carbonyl (C=O) groups excluding carboxylic acids is 1. The van der Waals surface area contributed by atoms with Gasteiger partial charge in [-0.3, -0.25) is 9.79 Å². The Balaban J connectivity index is 4.16. The average Bonchev–Trinajstić information content (AvgIpc) is 2.25. The molecular weight excluding hydrogens is 268 g/mol. The number of rotatable bonds is 5. The maximum Gasteiger partial charge on any atom is 0.264 e. The smallest absolute Gasteiger partial charge is 0.264 e. The minimum absolute atomic E-state index is 0.140. The predicted molar refractivity (Wildman–Crippen MR) is 72.7 cm³/mol. The van der Waals surface area contributed by atoms with Gasteiger partial charge in [0, 0.05) is 24.8 Å². The summed E-state index contributed by atoms with van der Waals surface area (Å²) < 4.78 is 0.901. The van der Waals surface area contributed by atoms with E-state index in [-0.39, 0.29) is 5.91 Å². The summed E-state index contributed by atoms with van der Waals surface area (Å²) in [5, 5.41) is 0. The van der Waals surface area contributed by atoms with E-state index in [1.165, 1.54) is 11.1 Å². The number of halogens is 1. The van der Waals surface area contributed by atoms with Crippen molar-refractivity contribution in [2.75, 3.05) is 14.1 Å². The first-order valence-corrected chi connectivity index (χ1v) is 5.43. The fourth-order valence-corrected chi connectivity index (χ4v) is 0.928. The molecule has 0 fully saturated rings. The number of aliphatic imine (C=N–C) groups is 1. The molecule has 86 valence electrons. The first-order chi connectivity index (χ1) is 7.57. The molecule has 0 spiro atoms. The maximum atomic E-state index is 11.1. The molecule has 0 saturated heterocycles. The van der Waals surface area contributed by atoms with Crippen LogP contribution in [-0.4, -0.2) is 31.1 Å². The molecule has 16 heavy (non-hydrogen) atoms. The van der Waals surface area contributed by atoms with Gasteiger partial charge in [0.15, 0.2) is 0 Å². The highest BCUT2D eigenvalue weighted by Gasteiger charge is 1.95. The maximum absolute atomic E-state index is 11.1. The Hall–Kier alpha value is -1.42. The van der Waals surface area contributed by atoms with Crippen molar-refractivity contribution < 1.29 is 4.79 Å². The number of hydrogen-bond donors (Lipinski definition) is 0. The molecule has 3 nitrogen and oxygen atoms in total. The van der Waals surface area contributed by atoms with Gasteiger partial charge in [-0.1, -0.05) is 34.7 Å². The van der Waals surface area contributed by atoms with E-state index in [2.05, 4.69) is 27.5 Å². The topological polar surface area (TPSA) is 32.7 Å². The highest BCUT2D eigenvalue weighted by atomic mass is 79.9. The standard InChI is InChI=1S/C12H15BrN2O/c1-4-5-7-11(13)8-6-9-14-10-12(16)15(2)3/h4-10H,1H2,2-3H3/b7-5+,9-6+,11-8+,14-10?. The molecule has 0 aromatic heterocycles. The van der Waals surface area contributed by atoms with Crippen molar-refractivity contribution in [2.45, 2.75) is 0 Å². The van der Waals surface area contributed by atoms with Crippen LogP contribution in [0.4, 0.5) is 0 Å². The van der Waals surface area contributed by atoms with Crippen LogP contribution in [0.15, 0.2) is 52.6 Å². The van der Waals surface area contributed by atoms with E-state index < -0.39 is 0 Å². The van der Waals surface area contributed by atoms with Gasteiger partial charge in [0.2, 0.25) is 0 Å². The summed E-state index contributed by atoms with van der Waals surface area (Å²) in [6, 6.07) is 0. The van der Waals surface area contributed by atoms with E-state index in [0.717, 1.165) is 4.48 Å². The molecule has 0 atom stereocenters. The minimum atomic E-state index is -0.140. The van der Waals surface area contributed by atoms with Gasteiger partial charge < -0.3 is 4.90 Å². The average molecular weight is 283 g/mol. The lowest BCUT2D eigenvalue weighted by Crippen LogP contribution is -2.22. The zero-order valence-corrected chi connectivity index (χ0v) is 11.0. The molecular formula is C12H15BrN2O. The minimum Gasteiger partial charge on any atom is -0.344 e. The van der Waals surface area contributed by atoms with Crippen LogP contribution in [0.2, 0.25) is 0 Å². The van der Waals surface area contributed by atoms with E-state index >= 15 is 0 Å². The third-order valence-corrected chi connectivity index (χ3v) is 1.97. The van der Waals surface area contributed by atoms with Crippen LogP contribution >= 0.6 is 15.9 Å². The molecule has 0 bridgehead atoms. The first-order valence-electron chi connectivity index (χ1n) is 4.64. The highest BCUT2D eigenvalue weighted by Crippen LogP contribution is 2.06. The summed E-state index contributed by atoms with van der Waals surface area (Å²) in [4.78, 5) is 16.4. The van der Waals surface area contributed by atoms with Crippen molar-refractivity contribution in [3.8, 4) is 0 Å². The lowest BCUT2D eigenvalue weighted by Gasteiger charge is -2.03. The van der Waals surface area contributed by atoms with E-state index in [4.69, 9.17) is 0 Å². The molecule has 0 aliphatic heterocycles. The Bertz CT molecular complexity index is 352. The quantitative estimate of drug-likeness (QED) is 0.564. The predicted octanol–water partition coefficient (Wildman–Crippen LogP) is 2.68. The van der Waals surface area contributed by atoms with Gasteiger partial charge in [-0.2, -0.15) is 0 Å². The van der Waals surface area contributed by atoms with E-state index in [0.29, 0.717) is 0 Å². The third-order valence-electron chi connectivity index (χ3n) is 1.44. The van der Waals surface area contributed by atoms with Crippen LogP contribution in [0.25, 0.3) is 0 Å². The van der Waals surface area contributed by atoms with Crippen LogP contribution in [0.5, 0.6) is 0 Å². The summed E-state index contributed by atoms with van der Waals surface area (Å²) in [6.07, 6.45) is 11.7. The van der Waals surface area contributed by atoms with E-state index in [1.807, 2.05) is 18.2 Å². The summed E-state index contributed by atoms with van der Waals surface area (Å²) >= 11 is 3.33. The monoisotopic (exact) mass is 282 g/mol. The van der Waals surface area contributed by atoms with Gasteiger partial charge in [0.25, 0.3) is 5.91 Å². The normalized spacial score (nSPS) is 12.8. The van der Waals surface area contributed by atoms with Crippen LogP contribution in [-0.2, 0) is 4.79 Å². The lowest BCUT2D eigenvalue weighted by molar-refractivity contribution is -0.121. The fraction of sp³-hybridized carbons (Fsp3) is 0.167. The molecule has 0 aromatic rings. The Morgan fingerprint density at radius 3 is 2.62 bits per heavy atom. The van der Waals surface area contributed by atoms with Crippen molar-refractivity contribution in [3.05, 3.63) is 47.6 Å². The van der Waals surface area contributed by atoms with Crippen LogP contribution in [0, 0.1) is 0 Å². The van der Waals surface area contributed by atoms with E-state index in [9.17, 15) is 4.79 Å². The van der Waals surface area contributed by atoms with Gasteiger partial charge in [0.05, 0.1) is 6.21 Å². The van der Waals surface area contributed by atoms with Crippen molar-refractivity contribution in [3.63, 3.8) is 0 Å². The Kier molecular flexibility index (Phi) is 8.07. The molecule has 0 saturated carbocycles. The molecule has 0 N–H and O–H groups in total. The molecule has 0 heterocycles. The number of nitrogens with zero attached hydrogens (tertiary/aromatic N) is 2. The largest absolute Gasteiger partial charge is 0.344 e. The molecule has 0 aliphatic rings. The second-order valence-corrected chi connectivity index (χ2v) is 3.91. The Labute approximate surface area is 105 Å².